The van der Waals surface area contributed by atoms with Crippen molar-refractivity contribution in [2.24, 2.45) is 5.92 Å². The van der Waals surface area contributed by atoms with Crippen molar-refractivity contribution in [1.29, 1.82) is 0 Å². The van der Waals surface area contributed by atoms with Crippen molar-refractivity contribution in [3.8, 4) is 0 Å². The maximum atomic E-state index is 13.9. The molecular formula is C26H25FN2O2. The average molecular weight is 416 g/mol. The smallest absolute Gasteiger partial charge is 0.253 e. The van der Waals surface area contributed by atoms with Crippen LogP contribution in [-0.4, -0.2) is 29.8 Å². The third-order valence-electron chi connectivity index (χ3n) is 5.83. The molecule has 4 nitrogen and oxygen atoms in total. The van der Waals surface area contributed by atoms with Gasteiger partial charge in [-0.15, -0.1) is 0 Å². The molecule has 0 spiro atoms. The van der Waals surface area contributed by atoms with E-state index in [0.29, 0.717) is 25.2 Å². The number of amides is 2. The van der Waals surface area contributed by atoms with Gasteiger partial charge >= 0.3 is 0 Å². The van der Waals surface area contributed by atoms with E-state index in [1.165, 1.54) is 12.1 Å². The van der Waals surface area contributed by atoms with Gasteiger partial charge in [0.25, 0.3) is 5.91 Å². The SMILES string of the molecule is Cc1ccc(C(=O)N2C[C@H](c3cccc(F)c3)[C@H](C(=O)NCc3ccccc3)C2)cc1. The van der Waals surface area contributed by atoms with Crippen LogP contribution in [0, 0.1) is 18.7 Å². The topological polar surface area (TPSA) is 49.4 Å². The summed E-state index contributed by atoms with van der Waals surface area (Å²) in [6, 6.07) is 23.4. The molecule has 0 radical (unpaired) electrons. The van der Waals surface area contributed by atoms with Gasteiger partial charge in [0.1, 0.15) is 5.82 Å². The predicted molar refractivity (Wildman–Crippen MR) is 118 cm³/mol. The third kappa shape index (κ3) is 4.82. The molecule has 5 heteroatoms. The van der Waals surface area contributed by atoms with Crippen LogP contribution < -0.4 is 5.32 Å². The number of benzene rings is 3. The summed E-state index contributed by atoms with van der Waals surface area (Å²) in [7, 11) is 0. The maximum absolute atomic E-state index is 13.9. The molecule has 0 saturated carbocycles. The van der Waals surface area contributed by atoms with Crippen molar-refractivity contribution in [2.75, 3.05) is 13.1 Å². The molecule has 2 atom stereocenters. The Balaban J connectivity index is 1.55. The Labute approximate surface area is 181 Å². The summed E-state index contributed by atoms with van der Waals surface area (Å²) in [6.45, 7) is 3.06. The lowest BCUT2D eigenvalue weighted by molar-refractivity contribution is -0.125. The molecule has 1 aliphatic heterocycles. The minimum Gasteiger partial charge on any atom is -0.352 e. The largest absolute Gasteiger partial charge is 0.352 e. The van der Waals surface area contributed by atoms with Gasteiger partial charge in [-0.25, -0.2) is 4.39 Å². The maximum Gasteiger partial charge on any atom is 0.253 e. The predicted octanol–water partition coefficient (Wildman–Crippen LogP) is 4.31. The first-order valence-electron chi connectivity index (χ1n) is 10.4. The van der Waals surface area contributed by atoms with Crippen LogP contribution in [-0.2, 0) is 11.3 Å². The number of carbonyl (C=O) groups excluding carboxylic acids is 2. The number of halogens is 1. The van der Waals surface area contributed by atoms with Crippen LogP contribution in [0.15, 0.2) is 78.9 Å². The quantitative estimate of drug-likeness (QED) is 0.674. The number of hydrogen-bond donors (Lipinski definition) is 1. The molecule has 0 aliphatic carbocycles. The zero-order valence-electron chi connectivity index (χ0n) is 17.4. The van der Waals surface area contributed by atoms with E-state index in [1.54, 1.807) is 23.1 Å². The van der Waals surface area contributed by atoms with Crippen LogP contribution in [0.2, 0.25) is 0 Å². The first-order chi connectivity index (χ1) is 15.0. The van der Waals surface area contributed by atoms with E-state index in [-0.39, 0.29) is 23.5 Å². The Kier molecular flexibility index (Phi) is 6.12. The molecule has 1 heterocycles. The summed E-state index contributed by atoms with van der Waals surface area (Å²) < 4.78 is 13.9. The van der Waals surface area contributed by atoms with E-state index >= 15 is 0 Å². The molecule has 158 valence electrons. The van der Waals surface area contributed by atoms with Crippen molar-refractivity contribution < 1.29 is 14.0 Å². The number of rotatable bonds is 5. The van der Waals surface area contributed by atoms with Gasteiger partial charge in [0, 0.05) is 31.1 Å². The molecule has 2 amide bonds. The van der Waals surface area contributed by atoms with Crippen LogP contribution in [0.1, 0.15) is 33.0 Å². The standard InChI is InChI=1S/C26H25FN2O2/c1-18-10-12-20(13-11-18)26(31)29-16-23(21-8-5-9-22(27)14-21)24(17-29)25(30)28-15-19-6-3-2-4-7-19/h2-14,23-24H,15-17H2,1H3,(H,28,30)/t23-,24-/m1/s1. The highest BCUT2D eigenvalue weighted by molar-refractivity contribution is 5.95. The Morgan fingerprint density at radius 2 is 1.71 bits per heavy atom. The number of nitrogens with zero attached hydrogens (tertiary/aromatic N) is 1. The van der Waals surface area contributed by atoms with E-state index in [9.17, 15) is 14.0 Å². The second-order valence-electron chi connectivity index (χ2n) is 8.05. The van der Waals surface area contributed by atoms with Crippen molar-refractivity contribution in [3.63, 3.8) is 0 Å². The van der Waals surface area contributed by atoms with Crippen LogP contribution in [0.25, 0.3) is 0 Å². The summed E-state index contributed by atoms with van der Waals surface area (Å²) in [6.07, 6.45) is 0. The van der Waals surface area contributed by atoms with Crippen molar-refractivity contribution >= 4 is 11.8 Å². The summed E-state index contributed by atoms with van der Waals surface area (Å²) in [4.78, 5) is 27.9. The molecule has 1 saturated heterocycles. The van der Waals surface area contributed by atoms with Crippen LogP contribution in [0.5, 0.6) is 0 Å². The molecule has 4 rings (SSSR count). The fraction of sp³-hybridized carbons (Fsp3) is 0.231. The summed E-state index contributed by atoms with van der Waals surface area (Å²) >= 11 is 0. The second kappa shape index (κ2) is 9.13. The van der Waals surface area contributed by atoms with Gasteiger partial charge in [-0.3, -0.25) is 9.59 Å². The lowest BCUT2D eigenvalue weighted by atomic mass is 9.88. The average Bonchev–Trinajstić information content (AvgIpc) is 3.24. The molecule has 1 fully saturated rings. The van der Waals surface area contributed by atoms with E-state index in [0.717, 1.165) is 16.7 Å². The molecule has 0 aromatic heterocycles. The lowest BCUT2D eigenvalue weighted by Crippen LogP contribution is -2.35. The van der Waals surface area contributed by atoms with E-state index in [1.807, 2.05) is 55.5 Å². The van der Waals surface area contributed by atoms with Gasteiger partial charge in [-0.1, -0.05) is 60.2 Å². The van der Waals surface area contributed by atoms with Crippen LogP contribution >= 0.6 is 0 Å². The number of carbonyl (C=O) groups is 2. The fourth-order valence-corrected chi connectivity index (χ4v) is 4.11. The number of aryl methyl sites for hydroxylation is 1. The highest BCUT2D eigenvalue weighted by atomic mass is 19.1. The van der Waals surface area contributed by atoms with Gasteiger partial charge in [-0.05, 0) is 42.3 Å². The minimum absolute atomic E-state index is 0.111. The zero-order valence-corrected chi connectivity index (χ0v) is 17.4. The Morgan fingerprint density at radius 1 is 0.968 bits per heavy atom. The van der Waals surface area contributed by atoms with Gasteiger partial charge in [0.05, 0.1) is 5.92 Å². The van der Waals surface area contributed by atoms with Crippen molar-refractivity contribution in [2.45, 2.75) is 19.4 Å². The first-order valence-corrected chi connectivity index (χ1v) is 10.4. The molecule has 3 aromatic rings. The Morgan fingerprint density at radius 3 is 2.42 bits per heavy atom. The summed E-state index contributed by atoms with van der Waals surface area (Å²) in [5, 5.41) is 2.99. The molecule has 1 N–H and O–H groups in total. The monoisotopic (exact) mass is 416 g/mol. The van der Waals surface area contributed by atoms with E-state index in [4.69, 9.17) is 0 Å². The van der Waals surface area contributed by atoms with Gasteiger partial charge in [0.15, 0.2) is 0 Å². The molecule has 0 unspecified atom stereocenters. The number of likely N-dealkylation sites (tertiary alicyclic amines) is 1. The van der Waals surface area contributed by atoms with E-state index < -0.39 is 5.92 Å². The molecular weight excluding hydrogens is 391 g/mol. The third-order valence-corrected chi connectivity index (χ3v) is 5.83. The zero-order chi connectivity index (χ0) is 21.8. The van der Waals surface area contributed by atoms with Crippen molar-refractivity contribution in [3.05, 3.63) is 107 Å². The molecule has 1 aliphatic rings. The first kappa shape index (κ1) is 20.8. The van der Waals surface area contributed by atoms with E-state index in [2.05, 4.69) is 5.32 Å². The second-order valence-corrected chi connectivity index (χ2v) is 8.05. The highest BCUT2D eigenvalue weighted by Gasteiger charge is 2.40. The van der Waals surface area contributed by atoms with Gasteiger partial charge in [0.2, 0.25) is 5.91 Å². The molecule has 3 aromatic carbocycles. The lowest BCUT2D eigenvalue weighted by Gasteiger charge is -2.18. The summed E-state index contributed by atoms with van der Waals surface area (Å²) in [5.74, 6) is -1.29. The summed E-state index contributed by atoms with van der Waals surface area (Å²) in [5.41, 5.74) is 3.41. The fourth-order valence-electron chi connectivity index (χ4n) is 4.11. The number of hydrogen-bond acceptors (Lipinski definition) is 2. The van der Waals surface area contributed by atoms with Crippen molar-refractivity contribution in [1.82, 2.24) is 10.2 Å². The van der Waals surface area contributed by atoms with Gasteiger partial charge < -0.3 is 10.2 Å². The Bertz CT molecular complexity index is 1070. The van der Waals surface area contributed by atoms with Crippen LogP contribution in [0.4, 0.5) is 4.39 Å². The molecule has 31 heavy (non-hydrogen) atoms. The molecule has 0 bridgehead atoms. The van der Waals surface area contributed by atoms with Gasteiger partial charge in [-0.2, -0.15) is 0 Å². The van der Waals surface area contributed by atoms with Crippen LogP contribution in [0.3, 0.4) is 0 Å². The minimum atomic E-state index is -0.445. The number of nitrogens with one attached hydrogen (secondary N) is 1. The normalized spacial score (nSPS) is 18.1. The highest BCUT2D eigenvalue weighted by Crippen LogP contribution is 2.34. The Hall–Kier alpha value is -3.47.